The molecule has 0 heterocycles. The van der Waals surface area contributed by atoms with Crippen molar-refractivity contribution in [1.82, 2.24) is 0 Å². The Morgan fingerprint density at radius 3 is 2.22 bits per heavy atom. The highest BCUT2D eigenvalue weighted by molar-refractivity contribution is 5.20. The van der Waals surface area contributed by atoms with Gasteiger partial charge in [-0.15, -0.1) is 0 Å². The van der Waals surface area contributed by atoms with Crippen LogP contribution in [0, 0.1) is 0 Å². The third kappa shape index (κ3) is 5.01. The second-order valence-electron chi connectivity index (χ2n) is 1.87. The predicted molar refractivity (Wildman–Crippen MR) is 38.8 cm³/mol. The molecule has 0 rings (SSSR count). The Hall–Kier alpha value is -0.850. The molecule has 0 aromatic carbocycles. The van der Waals surface area contributed by atoms with Crippen molar-refractivity contribution >= 4 is 0 Å². The first kappa shape index (κ1) is 8.15. The van der Waals surface area contributed by atoms with Crippen LogP contribution in [0.4, 0.5) is 4.39 Å². The molecule has 1 heteroatoms. The van der Waals surface area contributed by atoms with E-state index in [0.717, 1.165) is 5.57 Å². The predicted octanol–water partition coefficient (Wildman–Crippen LogP) is 2.99. The van der Waals surface area contributed by atoms with Gasteiger partial charge in [0.2, 0.25) is 0 Å². The normalized spacial score (nSPS) is 13.7. The number of hydrogen-bond donors (Lipinski definition) is 0. The molecule has 0 saturated carbocycles. The summed E-state index contributed by atoms with van der Waals surface area (Å²) in [5, 5.41) is 0. The van der Waals surface area contributed by atoms with Crippen molar-refractivity contribution < 1.29 is 4.39 Å². The fraction of sp³-hybridized carbons (Fsp3) is 0.250. The highest BCUT2D eigenvalue weighted by Gasteiger charge is 1.77. The average Bonchev–Trinajstić information content (AvgIpc) is 1.83. The van der Waals surface area contributed by atoms with Gasteiger partial charge < -0.3 is 0 Å². The van der Waals surface area contributed by atoms with Gasteiger partial charge in [-0.25, -0.2) is 4.39 Å². The van der Waals surface area contributed by atoms with Gasteiger partial charge in [-0.3, -0.25) is 0 Å². The van der Waals surface area contributed by atoms with Gasteiger partial charge in [0.1, 0.15) is 0 Å². The van der Waals surface area contributed by atoms with Crippen molar-refractivity contribution in [3.63, 3.8) is 0 Å². The van der Waals surface area contributed by atoms with Gasteiger partial charge in [-0.2, -0.15) is 0 Å². The van der Waals surface area contributed by atoms with Crippen LogP contribution in [0.15, 0.2) is 36.2 Å². The first-order valence-electron chi connectivity index (χ1n) is 2.80. The molecule has 0 saturated heterocycles. The van der Waals surface area contributed by atoms with Gasteiger partial charge in [0.15, 0.2) is 0 Å². The molecular weight excluding hydrogens is 115 g/mol. The Kier molecular flexibility index (Phi) is 3.69. The monoisotopic (exact) mass is 126 g/mol. The zero-order chi connectivity index (χ0) is 7.28. The third-order valence-electron chi connectivity index (χ3n) is 0.898. The first-order chi connectivity index (χ1) is 4.16. The van der Waals surface area contributed by atoms with Crippen molar-refractivity contribution in [3.05, 3.63) is 36.2 Å². The standard InChI is InChI=1S/C8H11F/c1-4-7(2)5-6-8(3)9/h4-6H,1H2,2-3H3/b7-5-,8-6+. The summed E-state index contributed by atoms with van der Waals surface area (Å²) >= 11 is 0. The van der Waals surface area contributed by atoms with E-state index in [1.807, 2.05) is 6.92 Å². The summed E-state index contributed by atoms with van der Waals surface area (Å²) < 4.78 is 12.0. The van der Waals surface area contributed by atoms with Crippen LogP contribution in [0.25, 0.3) is 0 Å². The van der Waals surface area contributed by atoms with Gasteiger partial charge >= 0.3 is 0 Å². The Labute approximate surface area is 55.4 Å². The smallest absolute Gasteiger partial charge is 0.0968 e. The van der Waals surface area contributed by atoms with E-state index < -0.39 is 0 Å². The van der Waals surface area contributed by atoms with E-state index in [9.17, 15) is 4.39 Å². The zero-order valence-electron chi connectivity index (χ0n) is 5.82. The van der Waals surface area contributed by atoms with Gasteiger partial charge in [-0.05, 0) is 19.9 Å². The van der Waals surface area contributed by atoms with Gasteiger partial charge in [0.25, 0.3) is 0 Å². The summed E-state index contributed by atoms with van der Waals surface area (Å²) in [5.41, 5.74) is 0.965. The summed E-state index contributed by atoms with van der Waals surface area (Å²) in [5.74, 6) is -0.184. The van der Waals surface area contributed by atoms with Crippen molar-refractivity contribution in [2.24, 2.45) is 0 Å². The molecule has 0 bridgehead atoms. The van der Waals surface area contributed by atoms with Crippen LogP contribution in [-0.2, 0) is 0 Å². The lowest BCUT2D eigenvalue weighted by Gasteiger charge is -1.83. The Balaban J connectivity index is 3.98. The van der Waals surface area contributed by atoms with Crippen LogP contribution >= 0.6 is 0 Å². The Morgan fingerprint density at radius 1 is 1.33 bits per heavy atom. The molecule has 0 spiro atoms. The maximum Gasteiger partial charge on any atom is 0.0968 e. The lowest BCUT2D eigenvalue weighted by Crippen LogP contribution is -1.63. The number of hydrogen-bond acceptors (Lipinski definition) is 0. The van der Waals surface area contributed by atoms with Crippen LogP contribution in [0.5, 0.6) is 0 Å². The minimum absolute atomic E-state index is 0.184. The maximum absolute atomic E-state index is 12.0. The molecule has 0 aliphatic heterocycles. The number of rotatable bonds is 2. The van der Waals surface area contributed by atoms with E-state index in [1.54, 1.807) is 12.2 Å². The SMILES string of the molecule is C=C/C(C)=C\C=C(/C)F. The van der Waals surface area contributed by atoms with Crippen LogP contribution in [0.1, 0.15) is 13.8 Å². The topological polar surface area (TPSA) is 0 Å². The molecule has 0 aromatic heterocycles. The molecular formula is C8H11F. The summed E-state index contributed by atoms with van der Waals surface area (Å²) in [4.78, 5) is 0. The van der Waals surface area contributed by atoms with Crippen LogP contribution in [-0.4, -0.2) is 0 Å². The molecule has 0 radical (unpaired) electrons. The van der Waals surface area contributed by atoms with Crippen molar-refractivity contribution in [1.29, 1.82) is 0 Å². The van der Waals surface area contributed by atoms with Gasteiger partial charge in [0, 0.05) is 0 Å². The average molecular weight is 126 g/mol. The van der Waals surface area contributed by atoms with Crippen LogP contribution in [0.2, 0.25) is 0 Å². The molecule has 0 N–H and O–H groups in total. The molecule has 0 unspecified atom stereocenters. The summed E-state index contributed by atoms with van der Waals surface area (Å²) in [6.45, 7) is 6.80. The fourth-order valence-corrected chi connectivity index (χ4v) is 0.314. The second kappa shape index (κ2) is 4.07. The fourth-order valence-electron chi connectivity index (χ4n) is 0.314. The Bertz CT molecular complexity index is 148. The third-order valence-corrected chi connectivity index (χ3v) is 0.898. The van der Waals surface area contributed by atoms with Gasteiger partial charge in [0.05, 0.1) is 5.83 Å². The first-order valence-corrected chi connectivity index (χ1v) is 2.80. The van der Waals surface area contributed by atoms with E-state index in [2.05, 4.69) is 6.58 Å². The van der Waals surface area contributed by atoms with E-state index >= 15 is 0 Å². The summed E-state index contributed by atoms with van der Waals surface area (Å²) in [7, 11) is 0. The lowest BCUT2D eigenvalue weighted by atomic mass is 10.3. The highest BCUT2D eigenvalue weighted by Crippen LogP contribution is 1.97. The molecule has 0 nitrogen and oxygen atoms in total. The van der Waals surface area contributed by atoms with Crippen molar-refractivity contribution in [2.45, 2.75) is 13.8 Å². The minimum atomic E-state index is -0.184. The quantitative estimate of drug-likeness (QED) is 0.499. The zero-order valence-corrected chi connectivity index (χ0v) is 5.82. The van der Waals surface area contributed by atoms with E-state index in [4.69, 9.17) is 0 Å². The molecule has 0 amide bonds. The number of allylic oxidation sites excluding steroid dienone is 5. The second-order valence-corrected chi connectivity index (χ2v) is 1.87. The summed E-state index contributed by atoms with van der Waals surface area (Å²) in [6, 6.07) is 0. The lowest BCUT2D eigenvalue weighted by molar-refractivity contribution is 0.640. The highest BCUT2D eigenvalue weighted by atomic mass is 19.1. The van der Waals surface area contributed by atoms with E-state index in [1.165, 1.54) is 13.0 Å². The molecule has 0 atom stereocenters. The molecule has 9 heavy (non-hydrogen) atoms. The molecule has 50 valence electrons. The van der Waals surface area contributed by atoms with Crippen LogP contribution < -0.4 is 0 Å². The van der Waals surface area contributed by atoms with E-state index in [0.29, 0.717) is 0 Å². The van der Waals surface area contributed by atoms with Crippen molar-refractivity contribution in [3.8, 4) is 0 Å². The van der Waals surface area contributed by atoms with E-state index in [-0.39, 0.29) is 5.83 Å². The molecule has 0 aromatic rings. The van der Waals surface area contributed by atoms with Crippen molar-refractivity contribution in [2.75, 3.05) is 0 Å². The maximum atomic E-state index is 12.0. The summed E-state index contributed by atoms with van der Waals surface area (Å²) in [6.07, 6.45) is 4.78. The molecule has 0 fully saturated rings. The molecule has 0 aliphatic rings. The molecule has 0 aliphatic carbocycles. The largest absolute Gasteiger partial charge is 0.212 e. The van der Waals surface area contributed by atoms with Crippen LogP contribution in [0.3, 0.4) is 0 Å². The number of halogens is 1. The minimum Gasteiger partial charge on any atom is -0.212 e. The van der Waals surface area contributed by atoms with Gasteiger partial charge in [-0.1, -0.05) is 24.3 Å². The Morgan fingerprint density at radius 2 is 1.89 bits per heavy atom.